The van der Waals surface area contributed by atoms with Crippen molar-refractivity contribution in [3.05, 3.63) is 0 Å². The van der Waals surface area contributed by atoms with Gasteiger partial charge in [0.1, 0.15) is 17.8 Å². The third-order valence-electron chi connectivity index (χ3n) is 3.32. The van der Waals surface area contributed by atoms with Gasteiger partial charge in [0.05, 0.1) is 18.7 Å². The largest absolute Gasteiger partial charge is 0.444 e. The van der Waals surface area contributed by atoms with Gasteiger partial charge in [-0.25, -0.2) is 4.79 Å². The van der Waals surface area contributed by atoms with Crippen molar-refractivity contribution in [2.45, 2.75) is 57.1 Å². The van der Waals surface area contributed by atoms with Gasteiger partial charge < -0.3 is 25.4 Å². The van der Waals surface area contributed by atoms with Gasteiger partial charge in [0, 0.05) is 13.5 Å². The van der Waals surface area contributed by atoms with Crippen LogP contribution in [0.1, 0.15) is 27.2 Å². The molecule has 4 atom stereocenters. The molecule has 0 aromatic heterocycles. The number of likely N-dealkylation sites (tertiary alicyclic amines) is 1. The number of carbonyl (C=O) groups is 2. The molecule has 1 rings (SSSR count). The summed E-state index contributed by atoms with van der Waals surface area (Å²) in [6.45, 7) is 4.49. The molecule has 122 valence electrons. The molecule has 2 amide bonds. The monoisotopic (exact) mass is 304 g/mol. The van der Waals surface area contributed by atoms with Gasteiger partial charge in [-0.15, -0.1) is 0 Å². The summed E-state index contributed by atoms with van der Waals surface area (Å²) in [6, 6.07) is -1.96. The Bertz CT molecular complexity index is 395. The standard InChI is InChI=1S/C13H24N2O6/c1-13(2,3)21-12(20)15-7(5-9(17)14-4)10(18)11(19)8(15)6-16/h7-8,10-11,16,18-19H,5-6H2,1-4H3,(H,14,17)/t7-,8-,10-,11-/m1/s1. The van der Waals surface area contributed by atoms with E-state index in [1.807, 2.05) is 0 Å². The predicted octanol–water partition coefficient (Wildman–Crippen LogP) is -1.18. The first-order valence-electron chi connectivity index (χ1n) is 6.81. The summed E-state index contributed by atoms with van der Waals surface area (Å²) in [7, 11) is 1.43. The molecule has 0 bridgehead atoms. The van der Waals surface area contributed by atoms with E-state index in [1.165, 1.54) is 7.05 Å². The molecule has 0 aromatic rings. The van der Waals surface area contributed by atoms with Gasteiger partial charge in [-0.2, -0.15) is 0 Å². The average molecular weight is 304 g/mol. The number of hydrogen-bond acceptors (Lipinski definition) is 6. The van der Waals surface area contributed by atoms with Crippen LogP contribution in [0.3, 0.4) is 0 Å². The highest BCUT2D eigenvalue weighted by atomic mass is 16.6. The van der Waals surface area contributed by atoms with Crippen molar-refractivity contribution in [3.8, 4) is 0 Å². The molecule has 1 aliphatic heterocycles. The van der Waals surface area contributed by atoms with E-state index in [1.54, 1.807) is 20.8 Å². The van der Waals surface area contributed by atoms with Crippen LogP contribution in [0.4, 0.5) is 4.79 Å². The van der Waals surface area contributed by atoms with Crippen molar-refractivity contribution in [3.63, 3.8) is 0 Å². The fraction of sp³-hybridized carbons (Fsp3) is 0.846. The Kier molecular flexibility index (Phi) is 5.54. The molecule has 8 nitrogen and oxygen atoms in total. The Morgan fingerprint density at radius 2 is 1.71 bits per heavy atom. The summed E-state index contributed by atoms with van der Waals surface area (Å²) in [5.41, 5.74) is -0.771. The molecule has 4 N–H and O–H groups in total. The fourth-order valence-electron chi connectivity index (χ4n) is 2.32. The van der Waals surface area contributed by atoms with Gasteiger partial charge in [0.15, 0.2) is 0 Å². The quantitative estimate of drug-likeness (QED) is 0.521. The first-order chi connectivity index (χ1) is 9.62. The molecule has 0 saturated carbocycles. The van der Waals surface area contributed by atoms with Crippen molar-refractivity contribution >= 4 is 12.0 Å². The zero-order valence-electron chi connectivity index (χ0n) is 12.7. The zero-order valence-corrected chi connectivity index (χ0v) is 12.7. The van der Waals surface area contributed by atoms with Crippen molar-refractivity contribution in [2.24, 2.45) is 0 Å². The summed E-state index contributed by atoms with van der Waals surface area (Å²) in [4.78, 5) is 24.8. The number of carbonyl (C=O) groups excluding carboxylic acids is 2. The molecule has 1 aliphatic rings. The van der Waals surface area contributed by atoms with Gasteiger partial charge in [-0.05, 0) is 20.8 Å². The SMILES string of the molecule is CNC(=O)C[C@@H]1[C@@H](O)[C@H](O)[C@@H](CO)N1C(=O)OC(C)(C)C. The Balaban J connectivity index is 3.01. The average Bonchev–Trinajstić information content (AvgIpc) is 2.60. The van der Waals surface area contributed by atoms with E-state index < -0.39 is 48.5 Å². The fourth-order valence-corrected chi connectivity index (χ4v) is 2.32. The number of ether oxygens (including phenoxy) is 1. The molecule has 8 heteroatoms. The number of nitrogens with one attached hydrogen (secondary N) is 1. The van der Waals surface area contributed by atoms with E-state index in [-0.39, 0.29) is 6.42 Å². The van der Waals surface area contributed by atoms with Crippen LogP contribution in [0, 0.1) is 0 Å². The normalized spacial score (nSPS) is 29.4. The second kappa shape index (κ2) is 6.59. The lowest BCUT2D eigenvalue weighted by Gasteiger charge is -2.31. The summed E-state index contributed by atoms with van der Waals surface area (Å²) in [6.07, 6.45) is -3.64. The Labute approximate surface area is 123 Å². The highest BCUT2D eigenvalue weighted by molar-refractivity contribution is 5.78. The van der Waals surface area contributed by atoms with Crippen LogP contribution in [0.25, 0.3) is 0 Å². The third kappa shape index (κ3) is 4.05. The minimum atomic E-state index is -1.34. The van der Waals surface area contributed by atoms with E-state index >= 15 is 0 Å². The van der Waals surface area contributed by atoms with Crippen LogP contribution >= 0.6 is 0 Å². The topological polar surface area (TPSA) is 119 Å². The third-order valence-corrected chi connectivity index (χ3v) is 3.32. The number of rotatable bonds is 3. The molecule has 0 aliphatic carbocycles. The molecule has 21 heavy (non-hydrogen) atoms. The first kappa shape index (κ1) is 17.7. The summed E-state index contributed by atoms with van der Waals surface area (Å²) in [5, 5.41) is 31.7. The maximum atomic E-state index is 12.2. The molecule has 1 fully saturated rings. The lowest BCUT2D eigenvalue weighted by Crippen LogP contribution is -2.49. The summed E-state index contributed by atoms with van der Waals surface area (Å²) < 4.78 is 5.22. The highest BCUT2D eigenvalue weighted by Crippen LogP contribution is 2.29. The molecule has 0 unspecified atom stereocenters. The Hall–Kier alpha value is -1.38. The summed E-state index contributed by atoms with van der Waals surface area (Å²) in [5.74, 6) is -0.390. The molecule has 0 radical (unpaired) electrons. The second-order valence-electron chi connectivity index (χ2n) is 6.06. The number of aliphatic hydroxyl groups is 3. The van der Waals surface area contributed by atoms with Crippen molar-refractivity contribution in [2.75, 3.05) is 13.7 Å². The molecule has 0 aromatic carbocycles. The van der Waals surface area contributed by atoms with Crippen LogP contribution in [0.15, 0.2) is 0 Å². The van der Waals surface area contributed by atoms with Gasteiger partial charge in [0.2, 0.25) is 5.91 Å². The Morgan fingerprint density at radius 1 is 1.19 bits per heavy atom. The lowest BCUT2D eigenvalue weighted by molar-refractivity contribution is -0.122. The van der Waals surface area contributed by atoms with Gasteiger partial charge >= 0.3 is 6.09 Å². The van der Waals surface area contributed by atoms with Crippen LogP contribution in [-0.2, 0) is 9.53 Å². The van der Waals surface area contributed by atoms with E-state index in [0.717, 1.165) is 4.90 Å². The van der Waals surface area contributed by atoms with Crippen LogP contribution in [0.2, 0.25) is 0 Å². The lowest BCUT2D eigenvalue weighted by atomic mass is 10.1. The Morgan fingerprint density at radius 3 is 2.14 bits per heavy atom. The number of nitrogens with zero attached hydrogens (tertiary/aromatic N) is 1. The smallest absolute Gasteiger partial charge is 0.411 e. The molecule has 1 saturated heterocycles. The number of aliphatic hydroxyl groups excluding tert-OH is 3. The predicted molar refractivity (Wildman–Crippen MR) is 73.4 cm³/mol. The molecular formula is C13H24N2O6. The molecule has 1 heterocycles. The minimum absolute atomic E-state index is 0.190. The van der Waals surface area contributed by atoms with Gasteiger partial charge in [-0.1, -0.05) is 0 Å². The van der Waals surface area contributed by atoms with Gasteiger partial charge in [-0.3, -0.25) is 9.69 Å². The maximum absolute atomic E-state index is 12.2. The maximum Gasteiger partial charge on any atom is 0.411 e. The van der Waals surface area contributed by atoms with Crippen molar-refractivity contribution in [1.82, 2.24) is 10.2 Å². The van der Waals surface area contributed by atoms with Crippen LogP contribution in [0.5, 0.6) is 0 Å². The first-order valence-corrected chi connectivity index (χ1v) is 6.81. The summed E-state index contributed by atoms with van der Waals surface area (Å²) >= 11 is 0. The van der Waals surface area contributed by atoms with Crippen LogP contribution < -0.4 is 5.32 Å². The number of amides is 2. The molecule has 0 spiro atoms. The molecular weight excluding hydrogens is 280 g/mol. The van der Waals surface area contributed by atoms with Crippen LogP contribution in [-0.4, -0.2) is 75.8 Å². The van der Waals surface area contributed by atoms with E-state index in [0.29, 0.717) is 0 Å². The van der Waals surface area contributed by atoms with Gasteiger partial charge in [0.25, 0.3) is 0 Å². The second-order valence-corrected chi connectivity index (χ2v) is 6.06. The van der Waals surface area contributed by atoms with Crippen molar-refractivity contribution < 1.29 is 29.6 Å². The minimum Gasteiger partial charge on any atom is -0.444 e. The number of hydrogen-bond donors (Lipinski definition) is 4. The zero-order chi connectivity index (χ0) is 16.4. The highest BCUT2D eigenvalue weighted by Gasteiger charge is 2.51. The van der Waals surface area contributed by atoms with E-state index in [9.17, 15) is 24.9 Å². The van der Waals surface area contributed by atoms with E-state index in [4.69, 9.17) is 4.74 Å². The van der Waals surface area contributed by atoms with E-state index in [2.05, 4.69) is 5.32 Å². The van der Waals surface area contributed by atoms with Crippen molar-refractivity contribution in [1.29, 1.82) is 0 Å².